The number of esters is 1. The molecule has 1 rings (SSSR count). The minimum Gasteiger partial charge on any atom is -0.491 e. The van der Waals surface area contributed by atoms with Gasteiger partial charge in [-0.15, -0.1) is 0 Å². The summed E-state index contributed by atoms with van der Waals surface area (Å²) in [6.07, 6.45) is 4.45. The second-order valence-electron chi connectivity index (χ2n) is 5.06. The van der Waals surface area contributed by atoms with Crippen LogP contribution in [0.15, 0.2) is 6.20 Å². The van der Waals surface area contributed by atoms with Gasteiger partial charge in [0.15, 0.2) is 11.6 Å². The number of aromatic nitrogens is 2. The molecule has 8 nitrogen and oxygen atoms in total. The Bertz CT molecular complexity index is 542. The Morgan fingerprint density at radius 3 is 2.58 bits per heavy atom. The zero-order valence-electron chi connectivity index (χ0n) is 14.5. The predicted octanol–water partition coefficient (Wildman–Crippen LogP) is 2.09. The van der Waals surface area contributed by atoms with Crippen LogP contribution < -0.4 is 15.4 Å². The molecule has 0 unspecified atom stereocenters. The summed E-state index contributed by atoms with van der Waals surface area (Å²) in [5.41, 5.74) is 0. The molecule has 1 aromatic rings. The van der Waals surface area contributed by atoms with Crippen molar-refractivity contribution in [1.29, 1.82) is 0 Å². The molecule has 1 heterocycles. The average molecular weight is 358 g/mol. The highest BCUT2D eigenvalue weighted by Gasteiger charge is 2.17. The van der Waals surface area contributed by atoms with E-state index in [0.29, 0.717) is 11.6 Å². The number of hydrogen-bond donors (Lipinski definition) is 2. The van der Waals surface area contributed by atoms with E-state index in [2.05, 4.69) is 27.5 Å². The number of ether oxygens (including phenoxy) is 2. The summed E-state index contributed by atoms with van der Waals surface area (Å²) < 4.78 is 9.96. The maximum atomic E-state index is 11.6. The fraction of sp³-hybridized carbons (Fsp3) is 0.600. The van der Waals surface area contributed by atoms with Gasteiger partial charge in [0, 0.05) is 13.0 Å². The van der Waals surface area contributed by atoms with Crippen LogP contribution in [0.25, 0.3) is 0 Å². The molecule has 0 spiro atoms. The molecule has 1 aromatic heterocycles. The SMILES string of the molecule is CCCC[C@@H](CC(=O)OC)Nc1nc(NC(C)=O)ncc1OC.S. The normalized spacial score (nSPS) is 11.0. The molecule has 136 valence electrons. The molecule has 9 heteroatoms. The summed E-state index contributed by atoms with van der Waals surface area (Å²) in [7, 11) is 2.86. The molecule has 0 aliphatic rings. The number of nitrogens with zero attached hydrogens (tertiary/aromatic N) is 2. The topological polar surface area (TPSA) is 102 Å². The number of hydrogen-bond acceptors (Lipinski definition) is 7. The first-order chi connectivity index (χ1) is 11.0. The molecule has 0 saturated heterocycles. The zero-order chi connectivity index (χ0) is 17.2. The van der Waals surface area contributed by atoms with Crippen molar-refractivity contribution in [1.82, 2.24) is 9.97 Å². The number of nitrogens with one attached hydrogen (secondary N) is 2. The number of carbonyl (C=O) groups excluding carboxylic acids is 2. The molecule has 2 N–H and O–H groups in total. The lowest BCUT2D eigenvalue weighted by Gasteiger charge is -2.19. The van der Waals surface area contributed by atoms with Crippen molar-refractivity contribution in [3.63, 3.8) is 0 Å². The van der Waals surface area contributed by atoms with E-state index in [9.17, 15) is 9.59 Å². The number of rotatable bonds is 9. The Balaban J connectivity index is 0.00000529. The number of amides is 1. The Kier molecular flexibility index (Phi) is 10.5. The van der Waals surface area contributed by atoms with Gasteiger partial charge in [-0.25, -0.2) is 4.98 Å². The van der Waals surface area contributed by atoms with Gasteiger partial charge in [0.1, 0.15) is 0 Å². The van der Waals surface area contributed by atoms with Crippen LogP contribution in [0.5, 0.6) is 5.75 Å². The lowest BCUT2D eigenvalue weighted by molar-refractivity contribution is -0.140. The van der Waals surface area contributed by atoms with Crippen molar-refractivity contribution in [2.45, 2.75) is 45.6 Å². The summed E-state index contributed by atoms with van der Waals surface area (Å²) in [5, 5.41) is 5.70. The highest BCUT2D eigenvalue weighted by atomic mass is 32.1. The first-order valence-corrected chi connectivity index (χ1v) is 7.52. The Morgan fingerprint density at radius 2 is 2.04 bits per heavy atom. The number of carbonyl (C=O) groups is 2. The van der Waals surface area contributed by atoms with E-state index in [1.807, 2.05) is 0 Å². The van der Waals surface area contributed by atoms with Crippen LogP contribution in [0.3, 0.4) is 0 Å². The summed E-state index contributed by atoms with van der Waals surface area (Å²) in [5.74, 6) is 0.474. The van der Waals surface area contributed by atoms with Crippen molar-refractivity contribution in [3.05, 3.63) is 6.20 Å². The first-order valence-electron chi connectivity index (χ1n) is 7.52. The Hall–Kier alpha value is -2.03. The van der Waals surface area contributed by atoms with Crippen molar-refractivity contribution in [2.24, 2.45) is 0 Å². The second kappa shape index (κ2) is 11.5. The molecule has 0 fully saturated rings. The fourth-order valence-corrected chi connectivity index (χ4v) is 1.99. The van der Waals surface area contributed by atoms with E-state index in [0.717, 1.165) is 19.3 Å². The third-order valence-electron chi connectivity index (χ3n) is 3.15. The van der Waals surface area contributed by atoms with Crippen molar-refractivity contribution < 1.29 is 19.1 Å². The van der Waals surface area contributed by atoms with Crippen LogP contribution in [0.4, 0.5) is 11.8 Å². The van der Waals surface area contributed by atoms with Gasteiger partial charge in [-0.1, -0.05) is 19.8 Å². The van der Waals surface area contributed by atoms with Gasteiger partial charge >= 0.3 is 5.97 Å². The Labute approximate surface area is 149 Å². The molecular formula is C15H26N4O4S. The van der Waals surface area contributed by atoms with Crippen molar-refractivity contribution >= 4 is 37.1 Å². The smallest absolute Gasteiger partial charge is 0.307 e. The molecule has 0 aromatic carbocycles. The maximum Gasteiger partial charge on any atom is 0.307 e. The maximum absolute atomic E-state index is 11.6. The quantitative estimate of drug-likeness (QED) is 0.652. The molecule has 0 radical (unpaired) electrons. The van der Waals surface area contributed by atoms with Crippen molar-refractivity contribution in [3.8, 4) is 5.75 Å². The fourth-order valence-electron chi connectivity index (χ4n) is 1.99. The van der Waals surface area contributed by atoms with Crippen LogP contribution in [0.1, 0.15) is 39.5 Å². The minimum absolute atomic E-state index is 0. The molecule has 0 aliphatic carbocycles. The number of unbranched alkanes of at least 4 members (excludes halogenated alkanes) is 1. The van der Waals surface area contributed by atoms with Crippen LogP contribution >= 0.6 is 13.5 Å². The number of methoxy groups -OCH3 is 2. The van der Waals surface area contributed by atoms with Gasteiger partial charge in [-0.3, -0.25) is 14.9 Å². The molecule has 24 heavy (non-hydrogen) atoms. The average Bonchev–Trinajstić information content (AvgIpc) is 2.52. The molecule has 0 bridgehead atoms. The monoisotopic (exact) mass is 358 g/mol. The van der Waals surface area contributed by atoms with Gasteiger partial charge in [0.25, 0.3) is 0 Å². The third kappa shape index (κ3) is 7.49. The van der Waals surface area contributed by atoms with E-state index in [1.165, 1.54) is 27.3 Å². The van der Waals surface area contributed by atoms with Crippen LogP contribution in [-0.4, -0.2) is 42.1 Å². The van der Waals surface area contributed by atoms with Crippen molar-refractivity contribution in [2.75, 3.05) is 24.9 Å². The molecule has 1 amide bonds. The largest absolute Gasteiger partial charge is 0.491 e. The van der Waals surface area contributed by atoms with E-state index >= 15 is 0 Å². The lowest BCUT2D eigenvalue weighted by atomic mass is 10.1. The van der Waals surface area contributed by atoms with Gasteiger partial charge in [0.2, 0.25) is 11.9 Å². The highest BCUT2D eigenvalue weighted by molar-refractivity contribution is 7.59. The van der Waals surface area contributed by atoms with E-state index in [-0.39, 0.29) is 43.8 Å². The van der Waals surface area contributed by atoms with Crippen LogP contribution in [0, 0.1) is 0 Å². The van der Waals surface area contributed by atoms with E-state index in [4.69, 9.17) is 9.47 Å². The molecular weight excluding hydrogens is 332 g/mol. The van der Waals surface area contributed by atoms with E-state index < -0.39 is 0 Å². The first kappa shape index (κ1) is 22.0. The molecule has 0 aliphatic heterocycles. The summed E-state index contributed by atoms with van der Waals surface area (Å²) in [4.78, 5) is 30.9. The standard InChI is InChI=1S/C15H24N4O4.H2S/c1-5-6-7-11(8-13(21)23-4)18-14-12(22-3)9-16-15(19-14)17-10(2)20;/h9,11H,5-8H2,1-4H3,(H2,16,17,18,19,20);1H2/t11-;/m0./s1. The molecule has 1 atom stereocenters. The third-order valence-corrected chi connectivity index (χ3v) is 3.15. The summed E-state index contributed by atoms with van der Waals surface area (Å²) in [6, 6.07) is -0.142. The van der Waals surface area contributed by atoms with E-state index in [1.54, 1.807) is 0 Å². The van der Waals surface area contributed by atoms with Crippen LogP contribution in [0.2, 0.25) is 0 Å². The van der Waals surface area contributed by atoms with Gasteiger partial charge in [-0.05, 0) is 6.42 Å². The zero-order valence-corrected chi connectivity index (χ0v) is 15.5. The predicted molar refractivity (Wildman–Crippen MR) is 96.8 cm³/mol. The Morgan fingerprint density at radius 1 is 1.33 bits per heavy atom. The number of anilines is 2. The highest BCUT2D eigenvalue weighted by Crippen LogP contribution is 2.24. The molecule has 0 saturated carbocycles. The second-order valence-corrected chi connectivity index (χ2v) is 5.06. The van der Waals surface area contributed by atoms with Gasteiger partial charge in [-0.2, -0.15) is 18.5 Å². The van der Waals surface area contributed by atoms with Gasteiger partial charge < -0.3 is 14.8 Å². The summed E-state index contributed by atoms with van der Waals surface area (Å²) in [6.45, 7) is 3.46. The summed E-state index contributed by atoms with van der Waals surface area (Å²) >= 11 is 0. The van der Waals surface area contributed by atoms with Crippen LogP contribution in [-0.2, 0) is 14.3 Å². The minimum atomic E-state index is -0.297. The van der Waals surface area contributed by atoms with Gasteiger partial charge in [0.05, 0.1) is 26.8 Å². The lowest BCUT2D eigenvalue weighted by Crippen LogP contribution is -2.25.